The van der Waals surface area contributed by atoms with Crippen LogP contribution in [-0.2, 0) is 0 Å². The Morgan fingerprint density at radius 3 is 2.53 bits per heavy atom. The summed E-state index contributed by atoms with van der Waals surface area (Å²) in [6.45, 7) is 6.30. The van der Waals surface area contributed by atoms with Gasteiger partial charge < -0.3 is 15.5 Å². The lowest BCUT2D eigenvalue weighted by atomic mass is 10.0. The Balaban J connectivity index is 1.85. The van der Waals surface area contributed by atoms with Crippen molar-refractivity contribution in [2.45, 2.75) is 32.2 Å². The summed E-state index contributed by atoms with van der Waals surface area (Å²) in [5.74, 6) is 0.511. The molecule has 4 nitrogen and oxygen atoms in total. The lowest BCUT2D eigenvalue weighted by molar-refractivity contribution is 0.248. The third kappa shape index (κ3) is 3.96. The molecule has 4 heteroatoms. The predicted molar refractivity (Wildman–Crippen MR) is 78.6 cm³/mol. The van der Waals surface area contributed by atoms with Crippen LogP contribution in [0.15, 0.2) is 24.3 Å². The molecule has 1 heterocycles. The summed E-state index contributed by atoms with van der Waals surface area (Å²) in [4.78, 5) is 14.1. The Morgan fingerprint density at radius 2 is 2.00 bits per heavy atom. The molecule has 2 N–H and O–H groups in total. The Labute approximate surface area is 115 Å². The van der Waals surface area contributed by atoms with Crippen LogP contribution in [0.5, 0.6) is 0 Å². The maximum absolute atomic E-state index is 11.9. The fourth-order valence-corrected chi connectivity index (χ4v) is 2.36. The normalized spacial score (nSPS) is 19.7. The van der Waals surface area contributed by atoms with Gasteiger partial charge in [-0.25, -0.2) is 4.79 Å². The average Bonchev–Trinajstić information content (AvgIpc) is 2.75. The van der Waals surface area contributed by atoms with Gasteiger partial charge in [0.05, 0.1) is 0 Å². The standard InChI is InChI=1S/C15H23N3O/c1-11(2)12-4-6-13(7-5-12)16-15(19)17-14-8-9-18(3)10-14/h4-7,11,14H,8-10H2,1-3H3,(H2,16,17,19). The second-order valence-electron chi connectivity index (χ2n) is 5.62. The third-order valence-electron chi connectivity index (χ3n) is 3.56. The maximum Gasteiger partial charge on any atom is 0.319 e. The van der Waals surface area contributed by atoms with Crippen LogP contribution in [0.4, 0.5) is 10.5 Å². The SMILES string of the molecule is CC(C)c1ccc(NC(=O)NC2CCN(C)C2)cc1. The molecule has 0 radical (unpaired) electrons. The zero-order valence-corrected chi connectivity index (χ0v) is 11.9. The first-order chi connectivity index (χ1) is 9.04. The van der Waals surface area contributed by atoms with Crippen LogP contribution in [0.25, 0.3) is 0 Å². The quantitative estimate of drug-likeness (QED) is 0.878. The van der Waals surface area contributed by atoms with Gasteiger partial charge in [0.1, 0.15) is 0 Å². The summed E-state index contributed by atoms with van der Waals surface area (Å²) in [6.07, 6.45) is 1.02. The number of carbonyl (C=O) groups excluding carboxylic acids is 1. The molecule has 1 aromatic rings. The van der Waals surface area contributed by atoms with Gasteiger partial charge in [-0.3, -0.25) is 0 Å². The highest BCUT2D eigenvalue weighted by atomic mass is 16.2. The molecule has 19 heavy (non-hydrogen) atoms. The van der Waals surface area contributed by atoms with Gasteiger partial charge in [-0.1, -0.05) is 26.0 Å². The minimum atomic E-state index is -0.113. The number of urea groups is 1. The van der Waals surface area contributed by atoms with Crippen LogP contribution >= 0.6 is 0 Å². The first-order valence-electron chi connectivity index (χ1n) is 6.90. The average molecular weight is 261 g/mol. The van der Waals surface area contributed by atoms with Crippen LogP contribution in [-0.4, -0.2) is 37.1 Å². The molecule has 1 unspecified atom stereocenters. The molecule has 1 aromatic carbocycles. The number of nitrogens with one attached hydrogen (secondary N) is 2. The number of anilines is 1. The summed E-state index contributed by atoms with van der Waals surface area (Å²) in [5.41, 5.74) is 2.12. The smallest absolute Gasteiger partial charge is 0.319 e. The Kier molecular flexibility index (Phi) is 4.43. The Bertz CT molecular complexity index is 428. The lowest BCUT2D eigenvalue weighted by Gasteiger charge is -2.14. The summed E-state index contributed by atoms with van der Waals surface area (Å²) in [7, 11) is 2.07. The van der Waals surface area contributed by atoms with Crippen molar-refractivity contribution in [3.8, 4) is 0 Å². The number of carbonyl (C=O) groups is 1. The van der Waals surface area contributed by atoms with Crippen LogP contribution in [0.1, 0.15) is 31.7 Å². The molecule has 0 spiro atoms. The fourth-order valence-electron chi connectivity index (χ4n) is 2.36. The monoisotopic (exact) mass is 261 g/mol. The Morgan fingerprint density at radius 1 is 1.32 bits per heavy atom. The summed E-state index contributed by atoms with van der Waals surface area (Å²) >= 11 is 0. The topological polar surface area (TPSA) is 44.4 Å². The van der Waals surface area contributed by atoms with E-state index >= 15 is 0 Å². The number of likely N-dealkylation sites (N-methyl/N-ethyl adjacent to an activating group) is 1. The maximum atomic E-state index is 11.9. The second-order valence-corrected chi connectivity index (χ2v) is 5.62. The van der Waals surface area contributed by atoms with E-state index in [1.165, 1.54) is 5.56 Å². The predicted octanol–water partition coefficient (Wildman–Crippen LogP) is 2.64. The highest BCUT2D eigenvalue weighted by Gasteiger charge is 2.20. The first kappa shape index (κ1) is 13.9. The van der Waals surface area contributed by atoms with Gasteiger partial charge in [0.25, 0.3) is 0 Å². The minimum absolute atomic E-state index is 0.113. The van der Waals surface area contributed by atoms with E-state index in [1.807, 2.05) is 12.1 Å². The summed E-state index contributed by atoms with van der Waals surface area (Å²) in [6, 6.07) is 8.18. The van der Waals surface area contributed by atoms with E-state index in [0.29, 0.717) is 5.92 Å². The molecule has 0 saturated carbocycles. The van der Waals surface area contributed by atoms with Crippen LogP contribution in [0.3, 0.4) is 0 Å². The van der Waals surface area contributed by atoms with Crippen molar-refractivity contribution in [3.05, 3.63) is 29.8 Å². The van der Waals surface area contributed by atoms with E-state index in [1.54, 1.807) is 0 Å². The van der Waals surface area contributed by atoms with Crippen LogP contribution in [0.2, 0.25) is 0 Å². The van der Waals surface area contributed by atoms with Crippen molar-refractivity contribution < 1.29 is 4.79 Å². The van der Waals surface area contributed by atoms with Crippen molar-refractivity contribution in [1.82, 2.24) is 10.2 Å². The molecular weight excluding hydrogens is 238 g/mol. The molecule has 0 aliphatic carbocycles. The summed E-state index contributed by atoms with van der Waals surface area (Å²) in [5, 5.41) is 5.88. The zero-order chi connectivity index (χ0) is 13.8. The van der Waals surface area contributed by atoms with Crippen molar-refractivity contribution in [2.24, 2.45) is 0 Å². The van der Waals surface area contributed by atoms with Gasteiger partial charge in [0, 0.05) is 18.3 Å². The molecular formula is C15H23N3O. The van der Waals surface area contributed by atoms with Gasteiger partial charge in [-0.2, -0.15) is 0 Å². The van der Waals surface area contributed by atoms with Gasteiger partial charge >= 0.3 is 6.03 Å². The minimum Gasteiger partial charge on any atom is -0.334 e. The molecule has 1 fully saturated rings. The number of benzene rings is 1. The van der Waals surface area contributed by atoms with Gasteiger partial charge in [0.2, 0.25) is 0 Å². The molecule has 2 rings (SSSR count). The largest absolute Gasteiger partial charge is 0.334 e. The number of rotatable bonds is 3. The van der Waals surface area contributed by atoms with E-state index in [0.717, 1.165) is 25.2 Å². The van der Waals surface area contributed by atoms with Crippen LogP contribution in [0, 0.1) is 0 Å². The molecule has 1 saturated heterocycles. The van der Waals surface area contributed by atoms with E-state index < -0.39 is 0 Å². The Hall–Kier alpha value is -1.55. The van der Waals surface area contributed by atoms with Crippen molar-refractivity contribution >= 4 is 11.7 Å². The number of hydrogen-bond acceptors (Lipinski definition) is 2. The molecule has 2 amide bonds. The second kappa shape index (κ2) is 6.06. The van der Waals surface area contributed by atoms with E-state index in [4.69, 9.17) is 0 Å². The van der Waals surface area contributed by atoms with Gasteiger partial charge in [0.15, 0.2) is 0 Å². The number of amides is 2. The zero-order valence-electron chi connectivity index (χ0n) is 11.9. The molecule has 104 valence electrons. The molecule has 1 aliphatic rings. The molecule has 0 bridgehead atoms. The number of nitrogens with zero attached hydrogens (tertiary/aromatic N) is 1. The highest BCUT2D eigenvalue weighted by molar-refractivity contribution is 5.89. The molecule has 1 atom stereocenters. The summed E-state index contributed by atoms with van der Waals surface area (Å²) < 4.78 is 0. The van der Waals surface area contributed by atoms with E-state index in [-0.39, 0.29) is 12.1 Å². The van der Waals surface area contributed by atoms with Crippen molar-refractivity contribution in [2.75, 3.05) is 25.5 Å². The van der Waals surface area contributed by atoms with E-state index in [2.05, 4.69) is 48.6 Å². The van der Waals surface area contributed by atoms with Crippen LogP contribution < -0.4 is 10.6 Å². The molecule has 1 aliphatic heterocycles. The van der Waals surface area contributed by atoms with Gasteiger partial charge in [-0.05, 0) is 43.6 Å². The molecule has 0 aromatic heterocycles. The number of likely N-dealkylation sites (tertiary alicyclic amines) is 1. The third-order valence-corrected chi connectivity index (χ3v) is 3.56. The first-order valence-corrected chi connectivity index (χ1v) is 6.90. The highest BCUT2D eigenvalue weighted by Crippen LogP contribution is 2.17. The van der Waals surface area contributed by atoms with Crippen molar-refractivity contribution in [1.29, 1.82) is 0 Å². The van der Waals surface area contributed by atoms with E-state index in [9.17, 15) is 4.79 Å². The lowest BCUT2D eigenvalue weighted by Crippen LogP contribution is -2.39. The van der Waals surface area contributed by atoms with Crippen molar-refractivity contribution in [3.63, 3.8) is 0 Å². The fraction of sp³-hybridized carbons (Fsp3) is 0.533. The number of hydrogen-bond donors (Lipinski definition) is 2. The van der Waals surface area contributed by atoms with Gasteiger partial charge in [-0.15, -0.1) is 0 Å².